The first-order valence-corrected chi connectivity index (χ1v) is 16.0. The monoisotopic (exact) mass is 573 g/mol. The van der Waals surface area contributed by atoms with Gasteiger partial charge in [-0.2, -0.15) is 5.26 Å². The molecule has 1 saturated carbocycles. The van der Waals surface area contributed by atoms with Crippen LogP contribution < -0.4 is 0 Å². The lowest BCUT2D eigenvalue weighted by atomic mass is 9.85. The third kappa shape index (κ3) is 5.38. The second-order valence-corrected chi connectivity index (χ2v) is 15.7. The van der Waals surface area contributed by atoms with Crippen molar-refractivity contribution in [3.63, 3.8) is 0 Å². The number of hydrogen-bond donors (Lipinski definition) is 0. The van der Waals surface area contributed by atoms with Crippen LogP contribution in [0.3, 0.4) is 0 Å². The molecule has 1 fully saturated rings. The van der Waals surface area contributed by atoms with Gasteiger partial charge in [0.1, 0.15) is 16.9 Å². The minimum absolute atomic E-state index is 0.0110. The number of nitrogens with zero attached hydrogens (tertiary/aromatic N) is 5. The van der Waals surface area contributed by atoms with Gasteiger partial charge >= 0.3 is 0 Å². The first-order chi connectivity index (χ1) is 18.9. The van der Waals surface area contributed by atoms with Crippen LogP contribution in [0.15, 0.2) is 65.8 Å². The first kappa shape index (κ1) is 28.3. The fourth-order valence-corrected chi connectivity index (χ4v) is 7.36. The van der Waals surface area contributed by atoms with Crippen LogP contribution >= 0.6 is 0 Å². The average molecular weight is 574 g/mol. The molecule has 1 aliphatic rings. The molecule has 5 rings (SSSR count). The Balaban J connectivity index is 1.67. The molecular weight excluding hydrogens is 539 g/mol. The van der Waals surface area contributed by atoms with Crippen LogP contribution in [-0.2, 0) is 20.1 Å². The molecule has 208 valence electrons. The number of benzene rings is 1. The minimum Gasteiger partial charge on any atom is -0.405 e. The summed E-state index contributed by atoms with van der Waals surface area (Å²) in [6.07, 6.45) is 10.6. The Labute approximate surface area is 238 Å². The summed E-state index contributed by atoms with van der Waals surface area (Å²) in [4.78, 5) is 9.89. The number of pyridine rings is 1. The van der Waals surface area contributed by atoms with Crippen LogP contribution in [0.5, 0.6) is 0 Å². The van der Waals surface area contributed by atoms with Gasteiger partial charge in [0.15, 0.2) is 5.65 Å². The van der Waals surface area contributed by atoms with Gasteiger partial charge in [-0.05, 0) is 68.7 Å². The zero-order valence-corrected chi connectivity index (χ0v) is 25.4. The highest BCUT2D eigenvalue weighted by Crippen LogP contribution is 2.41. The Morgan fingerprint density at radius 2 is 1.77 bits per heavy atom. The molecule has 1 aliphatic carbocycles. The fraction of sp³-hybridized carbons (Fsp3) is 0.433. The summed E-state index contributed by atoms with van der Waals surface area (Å²) >= 11 is 0. The zero-order chi connectivity index (χ0) is 28.7. The normalized spacial score (nSPS) is 19.0. The molecule has 8 nitrogen and oxygen atoms in total. The molecule has 0 atom stereocenters. The van der Waals surface area contributed by atoms with E-state index in [-0.39, 0.29) is 25.7 Å². The van der Waals surface area contributed by atoms with Crippen LogP contribution in [0.25, 0.3) is 22.1 Å². The molecule has 0 unspecified atom stereocenters. The van der Waals surface area contributed by atoms with Gasteiger partial charge in [0.2, 0.25) is 9.76 Å². The lowest BCUT2D eigenvalue weighted by molar-refractivity contribution is 0.0911. The summed E-state index contributed by atoms with van der Waals surface area (Å²) in [6, 6.07) is 12.5. The molecule has 0 saturated heterocycles. The maximum absolute atomic E-state index is 13.5. The van der Waals surface area contributed by atoms with E-state index in [0.29, 0.717) is 11.6 Å². The van der Waals surface area contributed by atoms with Crippen molar-refractivity contribution in [1.29, 1.82) is 5.26 Å². The van der Waals surface area contributed by atoms with Crippen molar-refractivity contribution in [2.45, 2.75) is 81.9 Å². The molecule has 3 heterocycles. The maximum atomic E-state index is 13.5. The largest absolute Gasteiger partial charge is 0.405 e. The van der Waals surface area contributed by atoms with E-state index in [4.69, 9.17) is 14.7 Å². The summed E-state index contributed by atoms with van der Waals surface area (Å²) in [5, 5.41) is 9.73. The highest BCUT2D eigenvalue weighted by atomic mass is 32.2. The molecule has 0 aliphatic heterocycles. The molecular formula is C30H35N5O3SSi. The number of imidazole rings is 1. The van der Waals surface area contributed by atoms with E-state index in [1.165, 1.54) is 3.97 Å². The smallest absolute Gasteiger partial charge is 0.269 e. The van der Waals surface area contributed by atoms with Gasteiger partial charge in [-0.25, -0.2) is 22.4 Å². The lowest BCUT2D eigenvalue weighted by Gasteiger charge is -2.34. The lowest BCUT2D eigenvalue weighted by Crippen LogP contribution is -2.32. The maximum Gasteiger partial charge on any atom is 0.269 e. The molecule has 0 N–H and O–H groups in total. The molecule has 2 radical (unpaired) electrons. The fourth-order valence-electron chi connectivity index (χ4n) is 5.39. The standard InChI is InChI=1S/C30H35N5O3SSi/c1-29(2,3)40-38-30(4,5)28-33-25-20-32-27-24(17-19-34(27)39(36,37)23-11-7-6-8-12-23)26(25)35(28)22-15-13-21(14-16-22)10-9-18-31/h6-12,17,19-22H,13-16H2,1-5H3. The highest BCUT2D eigenvalue weighted by molar-refractivity contribution is 7.90. The van der Waals surface area contributed by atoms with Crippen LogP contribution in [0, 0.1) is 17.2 Å². The number of allylic oxidation sites excluding steroid dienone is 2. The Hall–Kier alpha value is -3.26. The van der Waals surface area contributed by atoms with Crippen molar-refractivity contribution >= 4 is 41.9 Å². The molecule has 40 heavy (non-hydrogen) atoms. The molecule has 1 aromatic carbocycles. The number of aromatic nitrogens is 4. The van der Waals surface area contributed by atoms with Crippen molar-refractivity contribution in [2.24, 2.45) is 5.92 Å². The van der Waals surface area contributed by atoms with Gasteiger partial charge in [-0.1, -0.05) is 45.0 Å². The summed E-state index contributed by atoms with van der Waals surface area (Å²) in [6.45, 7) is 10.6. The van der Waals surface area contributed by atoms with E-state index in [0.717, 1.165) is 47.9 Å². The number of fused-ring (bicyclic) bond motifs is 3. The van der Waals surface area contributed by atoms with E-state index < -0.39 is 15.6 Å². The minimum atomic E-state index is -3.82. The number of nitriles is 1. The Morgan fingerprint density at radius 3 is 2.42 bits per heavy atom. The van der Waals surface area contributed by atoms with Gasteiger partial charge in [-0.3, -0.25) is 0 Å². The second-order valence-electron chi connectivity index (χ2n) is 12.0. The SMILES string of the molecule is CC(C)(C)[Si]OC(C)(C)c1nc2cnc3c(ccn3S(=O)(=O)c3ccccc3)c2n1C1CCC(C=CC#N)CC1. The Bertz CT molecular complexity index is 1700. The molecule has 0 spiro atoms. The molecule has 10 heteroatoms. The summed E-state index contributed by atoms with van der Waals surface area (Å²) in [5.74, 6) is 1.20. The van der Waals surface area contributed by atoms with Crippen LogP contribution in [0.4, 0.5) is 0 Å². The first-order valence-electron chi connectivity index (χ1n) is 13.6. The van der Waals surface area contributed by atoms with Crippen molar-refractivity contribution in [3.8, 4) is 6.07 Å². The molecule has 0 amide bonds. The molecule has 3 aromatic heterocycles. The number of hydrogen-bond acceptors (Lipinski definition) is 6. The molecule has 0 bridgehead atoms. The van der Waals surface area contributed by atoms with Crippen molar-refractivity contribution in [2.75, 3.05) is 0 Å². The van der Waals surface area contributed by atoms with Gasteiger partial charge in [0.05, 0.1) is 22.7 Å². The van der Waals surface area contributed by atoms with Crippen molar-refractivity contribution in [3.05, 3.63) is 66.8 Å². The summed E-state index contributed by atoms with van der Waals surface area (Å²) < 4.78 is 37.2. The Morgan fingerprint density at radius 1 is 1.07 bits per heavy atom. The third-order valence-electron chi connectivity index (χ3n) is 7.33. The van der Waals surface area contributed by atoms with Gasteiger partial charge in [0, 0.05) is 23.7 Å². The van der Waals surface area contributed by atoms with Crippen LogP contribution in [-0.4, -0.2) is 36.7 Å². The van der Waals surface area contributed by atoms with E-state index in [1.54, 1.807) is 48.8 Å². The van der Waals surface area contributed by atoms with Crippen LogP contribution in [0.1, 0.15) is 72.2 Å². The number of rotatable bonds is 7. The van der Waals surface area contributed by atoms with Gasteiger partial charge in [-0.15, -0.1) is 0 Å². The predicted octanol–water partition coefficient (Wildman–Crippen LogP) is 6.52. The van der Waals surface area contributed by atoms with E-state index >= 15 is 0 Å². The quantitative estimate of drug-likeness (QED) is 0.184. The summed E-state index contributed by atoms with van der Waals surface area (Å²) in [7, 11) is -3.55. The third-order valence-corrected chi connectivity index (χ3v) is 10.2. The van der Waals surface area contributed by atoms with Gasteiger partial charge in [0.25, 0.3) is 10.0 Å². The van der Waals surface area contributed by atoms with Gasteiger partial charge < -0.3 is 8.99 Å². The van der Waals surface area contributed by atoms with E-state index in [2.05, 4.69) is 50.2 Å². The summed E-state index contributed by atoms with van der Waals surface area (Å²) in [5.41, 5.74) is 1.31. The highest BCUT2D eigenvalue weighted by Gasteiger charge is 2.35. The zero-order valence-electron chi connectivity index (χ0n) is 23.6. The molecule has 4 aromatic rings. The topological polar surface area (TPSA) is 103 Å². The second kappa shape index (κ2) is 10.6. The van der Waals surface area contributed by atoms with Crippen molar-refractivity contribution in [1.82, 2.24) is 18.5 Å². The van der Waals surface area contributed by atoms with Crippen LogP contribution in [0.2, 0.25) is 5.04 Å². The Kier molecular flexibility index (Phi) is 7.50. The average Bonchev–Trinajstić information content (AvgIpc) is 3.54. The predicted molar refractivity (Wildman–Crippen MR) is 157 cm³/mol. The van der Waals surface area contributed by atoms with Crippen molar-refractivity contribution < 1.29 is 12.8 Å². The van der Waals surface area contributed by atoms with E-state index in [9.17, 15) is 8.42 Å². The van der Waals surface area contributed by atoms with E-state index in [1.807, 2.05) is 12.1 Å².